The predicted molar refractivity (Wildman–Crippen MR) is 309 cm³/mol. The zero-order valence-electron chi connectivity index (χ0n) is 40.5. The first-order chi connectivity index (χ1) is 36.7. The van der Waals surface area contributed by atoms with Crippen LogP contribution in [0.15, 0.2) is 291 Å². The van der Waals surface area contributed by atoms with Crippen LogP contribution >= 0.6 is 0 Å². The summed E-state index contributed by atoms with van der Waals surface area (Å²) < 4.78 is 1.95. The molecule has 0 aliphatic rings. The molecule has 0 radical (unpaired) electrons. The summed E-state index contributed by atoms with van der Waals surface area (Å²) in [5.74, 6) is 1.49. The highest BCUT2D eigenvalue weighted by Gasteiger charge is 2.19. The maximum atomic E-state index is 5.04. The van der Waals surface area contributed by atoms with E-state index in [1.165, 1.54) is 49.4 Å². The fraction of sp³-hybridized carbons (Fsp3) is 0. The molecular weight excluding hydrogens is 897 g/mol. The molecule has 0 spiro atoms. The summed E-state index contributed by atoms with van der Waals surface area (Å²) in [5, 5.41) is 10.0. The molecule has 0 amide bonds. The molecule has 74 heavy (non-hydrogen) atoms. The van der Waals surface area contributed by atoms with Gasteiger partial charge in [0.15, 0.2) is 11.6 Å². The van der Waals surface area contributed by atoms with Crippen molar-refractivity contribution in [2.24, 2.45) is 0 Å². The molecule has 0 aliphatic heterocycles. The zero-order valence-corrected chi connectivity index (χ0v) is 40.5. The van der Waals surface area contributed by atoms with Crippen molar-refractivity contribution in [1.29, 1.82) is 0 Å². The summed E-state index contributed by atoms with van der Waals surface area (Å²) >= 11 is 0. The van der Waals surface area contributed by atoms with Crippen molar-refractivity contribution in [3.8, 4) is 84.1 Å². The van der Waals surface area contributed by atoms with Gasteiger partial charge in [-0.15, -0.1) is 5.10 Å². The molecule has 0 aliphatic carbocycles. The van der Waals surface area contributed by atoms with E-state index in [1.54, 1.807) is 0 Å². The first-order valence-corrected chi connectivity index (χ1v) is 25.1. The molecule has 1 heterocycles. The highest BCUT2D eigenvalue weighted by atomic mass is 15.4. The first kappa shape index (κ1) is 44.1. The van der Waals surface area contributed by atoms with Gasteiger partial charge in [-0.1, -0.05) is 243 Å². The fourth-order valence-corrected chi connectivity index (χ4v) is 10.5. The Morgan fingerprint density at radius 1 is 0.257 bits per heavy atom. The highest BCUT2D eigenvalue weighted by molar-refractivity contribution is 5.99. The van der Waals surface area contributed by atoms with Crippen molar-refractivity contribution in [2.45, 2.75) is 0 Å². The number of fused-ring (bicyclic) bond motifs is 2. The van der Waals surface area contributed by atoms with Crippen LogP contribution in [0.4, 0.5) is 17.1 Å². The van der Waals surface area contributed by atoms with Crippen LogP contribution in [0.2, 0.25) is 0 Å². The van der Waals surface area contributed by atoms with E-state index in [9.17, 15) is 0 Å². The highest BCUT2D eigenvalue weighted by Crippen LogP contribution is 2.42. The average molecular weight is 945 g/mol. The van der Waals surface area contributed by atoms with E-state index in [4.69, 9.17) is 10.1 Å². The predicted octanol–water partition coefficient (Wildman–Crippen LogP) is 18.7. The molecule has 0 N–H and O–H groups in total. The minimum absolute atomic E-state index is 0.689. The Morgan fingerprint density at radius 3 is 1.08 bits per heavy atom. The SMILES string of the molecule is c1ccc(-c2nc(-c3ccccc3)n(-c3ccc(-c4ccccc4-c4ccccc4-c4ccc(N(c5ccc(-c6cccc7ccccc67)cc5)c5ccc(-c6cccc7ccccc67)cc5)cc4)cc3)n2)cc1. The number of rotatable bonds is 11. The van der Waals surface area contributed by atoms with Crippen molar-refractivity contribution in [1.82, 2.24) is 14.8 Å². The van der Waals surface area contributed by atoms with Gasteiger partial charge < -0.3 is 4.90 Å². The summed E-state index contributed by atoms with van der Waals surface area (Å²) in [6.07, 6.45) is 0. The molecule has 0 unspecified atom stereocenters. The van der Waals surface area contributed by atoms with Gasteiger partial charge >= 0.3 is 0 Å². The van der Waals surface area contributed by atoms with Gasteiger partial charge in [0.1, 0.15) is 0 Å². The molecule has 4 heteroatoms. The van der Waals surface area contributed by atoms with E-state index in [0.29, 0.717) is 5.82 Å². The van der Waals surface area contributed by atoms with E-state index >= 15 is 0 Å². The summed E-state index contributed by atoms with van der Waals surface area (Å²) in [6.45, 7) is 0. The van der Waals surface area contributed by atoms with E-state index in [-0.39, 0.29) is 0 Å². The van der Waals surface area contributed by atoms with Gasteiger partial charge in [-0.3, -0.25) is 0 Å². The van der Waals surface area contributed by atoms with Crippen LogP contribution in [0, 0.1) is 0 Å². The van der Waals surface area contributed by atoms with E-state index < -0.39 is 0 Å². The van der Waals surface area contributed by atoms with E-state index in [0.717, 1.165) is 67.5 Å². The summed E-state index contributed by atoms with van der Waals surface area (Å²) in [4.78, 5) is 7.40. The Kier molecular flexibility index (Phi) is 11.5. The standard InChI is InChI=1S/C70H48N4/c1-3-19-55(20-4-1)69-71-70(56-21-5-2-6-22-56)74(72-69)60-47-39-54(40-48-60)66-28-12-14-30-68(66)67-29-13-11-27-65(67)53-37-45-59(46-38-53)73(57-41-33-51(34-42-57)63-31-15-23-49-17-7-9-25-61(49)63)58-43-35-52(36-44-58)64-32-16-24-50-18-8-10-26-62(50)64/h1-48H. The molecule has 0 bridgehead atoms. The van der Waals surface area contributed by atoms with Gasteiger partial charge in [0.05, 0.1) is 5.69 Å². The Hall–Kier alpha value is -9.90. The Bertz CT molecular complexity index is 3950. The monoisotopic (exact) mass is 944 g/mol. The van der Waals surface area contributed by atoms with Gasteiger partial charge in [0.25, 0.3) is 0 Å². The molecule has 0 atom stereocenters. The Morgan fingerprint density at radius 2 is 0.608 bits per heavy atom. The molecule has 4 nitrogen and oxygen atoms in total. The van der Waals surface area contributed by atoms with Crippen LogP contribution in [-0.2, 0) is 0 Å². The Balaban J connectivity index is 0.845. The molecule has 348 valence electrons. The largest absolute Gasteiger partial charge is 0.311 e. The third-order valence-corrected chi connectivity index (χ3v) is 14.1. The van der Waals surface area contributed by atoms with Gasteiger partial charge in [0, 0.05) is 28.2 Å². The lowest BCUT2D eigenvalue weighted by Crippen LogP contribution is -2.09. The van der Waals surface area contributed by atoms with Crippen molar-refractivity contribution in [2.75, 3.05) is 4.90 Å². The first-order valence-electron chi connectivity index (χ1n) is 25.1. The number of nitrogens with zero attached hydrogens (tertiary/aromatic N) is 4. The number of hydrogen-bond acceptors (Lipinski definition) is 3. The molecule has 0 fully saturated rings. The summed E-state index contributed by atoms with van der Waals surface area (Å²) in [5.41, 5.74) is 17.9. The number of benzene rings is 12. The molecule has 1 aromatic heterocycles. The van der Waals surface area contributed by atoms with Crippen LogP contribution in [0.1, 0.15) is 0 Å². The lowest BCUT2D eigenvalue weighted by atomic mass is 9.89. The normalized spacial score (nSPS) is 11.2. The number of aromatic nitrogens is 3. The van der Waals surface area contributed by atoms with Crippen molar-refractivity contribution in [3.05, 3.63) is 291 Å². The Labute approximate surface area is 431 Å². The van der Waals surface area contributed by atoms with E-state index in [2.05, 4.69) is 260 Å². The minimum Gasteiger partial charge on any atom is -0.311 e. The lowest BCUT2D eigenvalue weighted by Gasteiger charge is -2.26. The maximum Gasteiger partial charge on any atom is 0.182 e. The van der Waals surface area contributed by atoms with Gasteiger partial charge in [-0.2, -0.15) is 0 Å². The van der Waals surface area contributed by atoms with Gasteiger partial charge in [-0.05, 0) is 126 Å². The summed E-state index contributed by atoms with van der Waals surface area (Å²) in [6, 6.07) is 104. The van der Waals surface area contributed by atoms with E-state index in [1.807, 2.05) is 41.1 Å². The average Bonchev–Trinajstić information content (AvgIpc) is 3.94. The molecule has 0 saturated carbocycles. The molecule has 12 aromatic carbocycles. The van der Waals surface area contributed by atoms with Crippen LogP contribution in [-0.4, -0.2) is 14.8 Å². The van der Waals surface area contributed by atoms with Crippen molar-refractivity contribution in [3.63, 3.8) is 0 Å². The minimum atomic E-state index is 0.689. The van der Waals surface area contributed by atoms with Crippen LogP contribution in [0.3, 0.4) is 0 Å². The third kappa shape index (κ3) is 8.40. The topological polar surface area (TPSA) is 34.0 Å². The second kappa shape index (κ2) is 19.4. The van der Waals surface area contributed by atoms with Crippen molar-refractivity contribution < 1.29 is 0 Å². The number of hydrogen-bond donors (Lipinski definition) is 0. The van der Waals surface area contributed by atoms with Crippen LogP contribution in [0.5, 0.6) is 0 Å². The third-order valence-electron chi connectivity index (χ3n) is 14.1. The number of anilines is 3. The van der Waals surface area contributed by atoms with Gasteiger partial charge in [0.2, 0.25) is 0 Å². The smallest absolute Gasteiger partial charge is 0.182 e. The van der Waals surface area contributed by atoms with Gasteiger partial charge in [-0.25, -0.2) is 9.67 Å². The molecule has 13 aromatic rings. The quantitative estimate of drug-likeness (QED) is 0.130. The zero-order chi connectivity index (χ0) is 49.2. The fourth-order valence-electron chi connectivity index (χ4n) is 10.5. The van der Waals surface area contributed by atoms with Crippen molar-refractivity contribution >= 4 is 38.6 Å². The lowest BCUT2D eigenvalue weighted by molar-refractivity contribution is 0.891. The molecule has 13 rings (SSSR count). The molecular formula is C70H48N4. The van der Waals surface area contributed by atoms with Crippen LogP contribution < -0.4 is 4.90 Å². The maximum absolute atomic E-state index is 5.04. The second-order valence-electron chi connectivity index (χ2n) is 18.6. The summed E-state index contributed by atoms with van der Waals surface area (Å²) in [7, 11) is 0. The van der Waals surface area contributed by atoms with Crippen LogP contribution in [0.25, 0.3) is 106 Å². The second-order valence-corrected chi connectivity index (χ2v) is 18.6. The molecule has 0 saturated heterocycles.